The first-order valence-corrected chi connectivity index (χ1v) is 9.12. The minimum absolute atomic E-state index is 0.214. The van der Waals surface area contributed by atoms with Gasteiger partial charge < -0.3 is 9.94 Å². The molecule has 0 amide bonds. The highest BCUT2D eigenvalue weighted by atomic mass is 35.5. The van der Waals surface area contributed by atoms with Crippen LogP contribution in [0.15, 0.2) is 55.1 Å². The second kappa shape index (κ2) is 8.86. The Kier molecular flexibility index (Phi) is 6.28. The minimum Gasteiger partial charge on any atom is -0.624 e. The molecule has 0 fully saturated rings. The standard InChI is InChI=1S/C19H16Cl2N4O3/c1-2-24(27)10-13-3-6-15(7-4-13)28-19(25-12-22-11-23-25)18(26)16-8-5-14(20)9-17(16)21/h3-12,19H,2H2,1H3/b24-10-/t19-/m1/s1. The van der Waals surface area contributed by atoms with Gasteiger partial charge in [0.1, 0.15) is 18.4 Å². The van der Waals surface area contributed by atoms with E-state index in [4.69, 9.17) is 27.9 Å². The quantitative estimate of drug-likeness (QED) is 0.190. The predicted molar refractivity (Wildman–Crippen MR) is 106 cm³/mol. The molecule has 9 heteroatoms. The molecule has 0 bridgehead atoms. The third-order valence-corrected chi connectivity index (χ3v) is 4.38. The molecular weight excluding hydrogens is 403 g/mol. The Morgan fingerprint density at radius 2 is 2.04 bits per heavy atom. The third-order valence-electron chi connectivity index (χ3n) is 3.83. The van der Waals surface area contributed by atoms with E-state index in [0.29, 0.717) is 22.9 Å². The van der Waals surface area contributed by atoms with Crippen LogP contribution in [0.5, 0.6) is 5.75 Å². The van der Waals surface area contributed by atoms with Crippen LogP contribution in [0, 0.1) is 5.21 Å². The van der Waals surface area contributed by atoms with Crippen LogP contribution in [0.1, 0.15) is 29.1 Å². The number of hydrogen-bond donors (Lipinski definition) is 0. The summed E-state index contributed by atoms with van der Waals surface area (Å²) < 4.78 is 7.98. The molecule has 7 nitrogen and oxygen atoms in total. The number of ketones is 1. The van der Waals surface area contributed by atoms with Gasteiger partial charge in [-0.3, -0.25) is 4.79 Å². The van der Waals surface area contributed by atoms with Crippen LogP contribution in [-0.2, 0) is 0 Å². The largest absolute Gasteiger partial charge is 0.624 e. The fourth-order valence-corrected chi connectivity index (χ4v) is 2.91. The highest BCUT2D eigenvalue weighted by Crippen LogP contribution is 2.26. The molecule has 0 aliphatic carbocycles. The lowest BCUT2D eigenvalue weighted by Crippen LogP contribution is -2.26. The average molecular weight is 419 g/mol. The number of halogens is 2. The van der Waals surface area contributed by atoms with Gasteiger partial charge in [-0.1, -0.05) is 23.2 Å². The summed E-state index contributed by atoms with van der Waals surface area (Å²) in [5, 5.41) is 16.1. The summed E-state index contributed by atoms with van der Waals surface area (Å²) >= 11 is 12.1. The Morgan fingerprint density at radius 3 is 2.64 bits per heavy atom. The summed E-state index contributed by atoms with van der Waals surface area (Å²) in [5.41, 5.74) is 0.968. The van der Waals surface area contributed by atoms with Crippen molar-refractivity contribution in [2.45, 2.75) is 13.2 Å². The van der Waals surface area contributed by atoms with Crippen molar-refractivity contribution in [2.24, 2.45) is 0 Å². The maximum atomic E-state index is 13.0. The third kappa shape index (κ3) is 4.68. The number of carbonyl (C=O) groups excluding carboxylic acids is 1. The Labute approximate surface area is 171 Å². The van der Waals surface area contributed by atoms with Crippen LogP contribution in [0.2, 0.25) is 10.0 Å². The van der Waals surface area contributed by atoms with Gasteiger partial charge >= 0.3 is 0 Å². The normalized spacial score (nSPS) is 12.6. The molecule has 0 saturated carbocycles. The first kappa shape index (κ1) is 19.9. The van der Waals surface area contributed by atoms with E-state index in [0.717, 1.165) is 4.74 Å². The van der Waals surface area contributed by atoms with E-state index in [2.05, 4.69) is 10.1 Å². The van der Waals surface area contributed by atoms with Gasteiger partial charge in [-0.15, -0.1) is 0 Å². The SMILES string of the molecule is CC/[N+]([O-])=C/c1ccc(O[C@H](C(=O)c2ccc(Cl)cc2Cl)n2cncn2)cc1. The number of ether oxygens (including phenoxy) is 1. The molecule has 0 unspecified atom stereocenters. The Balaban J connectivity index is 1.88. The lowest BCUT2D eigenvalue weighted by molar-refractivity contribution is -0.447. The molecule has 0 aliphatic heterocycles. The summed E-state index contributed by atoms with van der Waals surface area (Å²) in [6.45, 7) is 2.11. The molecule has 1 aromatic heterocycles. The van der Waals surface area contributed by atoms with Gasteiger partial charge in [-0.05, 0) is 49.4 Å². The Hall–Kier alpha value is -2.90. The smallest absolute Gasteiger partial charge is 0.256 e. The van der Waals surface area contributed by atoms with Gasteiger partial charge in [-0.2, -0.15) is 5.10 Å². The first-order valence-electron chi connectivity index (χ1n) is 8.36. The van der Waals surface area contributed by atoms with Crippen LogP contribution >= 0.6 is 23.2 Å². The van der Waals surface area contributed by atoms with Gasteiger partial charge in [0.15, 0.2) is 12.8 Å². The van der Waals surface area contributed by atoms with Crippen molar-refractivity contribution in [1.82, 2.24) is 14.8 Å². The van der Waals surface area contributed by atoms with Gasteiger partial charge in [0, 0.05) is 16.1 Å². The van der Waals surface area contributed by atoms with Crippen molar-refractivity contribution < 1.29 is 14.3 Å². The molecule has 144 valence electrons. The molecule has 0 spiro atoms. The van der Waals surface area contributed by atoms with Gasteiger partial charge in [0.25, 0.3) is 6.23 Å². The summed E-state index contributed by atoms with van der Waals surface area (Å²) in [7, 11) is 0. The molecule has 2 aromatic carbocycles. The van der Waals surface area contributed by atoms with Gasteiger partial charge in [0.2, 0.25) is 5.78 Å². The molecule has 0 aliphatic rings. The molecule has 3 rings (SSSR count). The van der Waals surface area contributed by atoms with E-state index in [1.807, 2.05) is 0 Å². The van der Waals surface area contributed by atoms with Crippen molar-refractivity contribution in [3.05, 3.63) is 81.5 Å². The van der Waals surface area contributed by atoms with Gasteiger partial charge in [-0.25, -0.2) is 14.4 Å². The maximum absolute atomic E-state index is 13.0. The van der Waals surface area contributed by atoms with Crippen molar-refractivity contribution in [1.29, 1.82) is 0 Å². The zero-order valence-electron chi connectivity index (χ0n) is 14.8. The molecule has 0 saturated heterocycles. The van der Waals surface area contributed by atoms with Crippen LogP contribution in [0.3, 0.4) is 0 Å². The van der Waals surface area contributed by atoms with Crippen molar-refractivity contribution >= 4 is 35.2 Å². The lowest BCUT2D eigenvalue weighted by Gasteiger charge is -2.18. The van der Waals surface area contributed by atoms with Crippen LogP contribution in [0.4, 0.5) is 0 Å². The average Bonchev–Trinajstić information content (AvgIpc) is 3.21. The predicted octanol–water partition coefficient (Wildman–Crippen LogP) is 3.99. The summed E-state index contributed by atoms with van der Waals surface area (Å²) in [6.07, 6.45) is 3.05. The number of aromatic nitrogens is 3. The van der Waals surface area contributed by atoms with Crippen molar-refractivity contribution in [3.8, 4) is 5.75 Å². The zero-order chi connectivity index (χ0) is 20.1. The molecular formula is C19H16Cl2N4O3. The monoisotopic (exact) mass is 418 g/mol. The van der Waals surface area contributed by atoms with Crippen LogP contribution in [-0.4, -0.2) is 38.0 Å². The Bertz CT molecular complexity index is 989. The minimum atomic E-state index is -1.11. The van der Waals surface area contributed by atoms with Crippen molar-refractivity contribution in [3.63, 3.8) is 0 Å². The highest BCUT2D eigenvalue weighted by molar-refractivity contribution is 6.36. The van der Waals surface area contributed by atoms with Gasteiger partial charge in [0.05, 0.1) is 5.02 Å². The number of rotatable bonds is 7. The number of hydroxylamine groups is 1. The summed E-state index contributed by atoms with van der Waals surface area (Å²) in [5.74, 6) is 0.0181. The number of hydrogen-bond acceptors (Lipinski definition) is 5. The van der Waals surface area contributed by atoms with E-state index in [-0.39, 0.29) is 10.6 Å². The second-order valence-corrected chi connectivity index (χ2v) is 6.61. The first-order chi connectivity index (χ1) is 13.5. The second-order valence-electron chi connectivity index (χ2n) is 5.77. The topological polar surface area (TPSA) is 83.1 Å². The fourth-order valence-electron chi connectivity index (χ4n) is 2.41. The van der Waals surface area contributed by atoms with Crippen LogP contribution < -0.4 is 4.74 Å². The molecule has 0 radical (unpaired) electrons. The summed E-state index contributed by atoms with van der Waals surface area (Å²) in [6, 6.07) is 11.4. The summed E-state index contributed by atoms with van der Waals surface area (Å²) in [4.78, 5) is 16.9. The zero-order valence-corrected chi connectivity index (χ0v) is 16.3. The lowest BCUT2D eigenvalue weighted by atomic mass is 10.1. The number of carbonyl (C=O) groups is 1. The van der Waals surface area contributed by atoms with Crippen molar-refractivity contribution in [2.75, 3.05) is 6.54 Å². The fraction of sp³-hybridized carbons (Fsp3) is 0.158. The molecule has 3 aromatic rings. The van der Waals surface area contributed by atoms with Crippen LogP contribution in [0.25, 0.3) is 0 Å². The van der Waals surface area contributed by atoms with E-state index in [1.54, 1.807) is 37.3 Å². The number of nitrogens with zero attached hydrogens (tertiary/aromatic N) is 4. The van der Waals surface area contributed by atoms with E-state index >= 15 is 0 Å². The molecule has 28 heavy (non-hydrogen) atoms. The number of Topliss-reactive ketones (excluding diaryl/α,β-unsaturated/α-hetero) is 1. The Morgan fingerprint density at radius 1 is 1.29 bits per heavy atom. The number of benzene rings is 2. The van der Waals surface area contributed by atoms with E-state index in [1.165, 1.54) is 35.7 Å². The molecule has 1 heterocycles. The van der Waals surface area contributed by atoms with E-state index < -0.39 is 12.0 Å². The highest BCUT2D eigenvalue weighted by Gasteiger charge is 2.26. The molecule has 1 atom stereocenters. The maximum Gasteiger partial charge on any atom is 0.256 e. The van der Waals surface area contributed by atoms with E-state index in [9.17, 15) is 10.0 Å². The molecule has 0 N–H and O–H groups in total.